The number of hydrogen-bond acceptors (Lipinski definition) is 3. The first kappa shape index (κ1) is 17.3. The third kappa shape index (κ3) is 3.25. The van der Waals surface area contributed by atoms with Crippen LogP contribution in [0.5, 0.6) is 5.75 Å². The summed E-state index contributed by atoms with van der Waals surface area (Å²) in [7, 11) is 1.98. The van der Waals surface area contributed by atoms with E-state index in [2.05, 4.69) is 71.7 Å². The highest BCUT2D eigenvalue weighted by Crippen LogP contribution is 2.34. The monoisotopic (exact) mass is 371 g/mol. The molecule has 0 bridgehead atoms. The highest BCUT2D eigenvalue weighted by atomic mass is 16.5. The molecule has 2 aromatic carbocycles. The molecule has 0 atom stereocenters. The molecule has 5 rings (SSSR count). The van der Waals surface area contributed by atoms with Crippen LogP contribution >= 0.6 is 0 Å². The third-order valence-corrected chi connectivity index (χ3v) is 5.77. The average Bonchev–Trinajstić information content (AvgIpc) is 3.18. The maximum atomic E-state index is 6.05. The molecule has 2 aliphatic rings. The Hall–Kier alpha value is -2.85. The van der Waals surface area contributed by atoms with E-state index in [9.17, 15) is 0 Å². The Morgan fingerprint density at radius 1 is 1.11 bits per heavy atom. The molecule has 0 saturated heterocycles. The molecule has 28 heavy (non-hydrogen) atoms. The van der Waals surface area contributed by atoms with Crippen molar-refractivity contribution in [3.05, 3.63) is 82.2 Å². The number of nitrogens with zero attached hydrogens (tertiary/aromatic N) is 3. The number of hydrogen-bond donors (Lipinski definition) is 0. The molecule has 1 aliphatic carbocycles. The Morgan fingerprint density at radius 3 is 2.82 bits per heavy atom. The molecule has 1 aliphatic heterocycles. The summed E-state index contributed by atoms with van der Waals surface area (Å²) in [5.74, 6) is 1.02. The van der Waals surface area contributed by atoms with Gasteiger partial charge in [-0.1, -0.05) is 36.4 Å². The number of rotatable bonds is 3. The predicted molar refractivity (Wildman–Crippen MR) is 112 cm³/mol. The summed E-state index contributed by atoms with van der Waals surface area (Å²) < 4.78 is 7.95. The number of aromatic nitrogens is 2. The first-order chi connectivity index (χ1) is 13.7. The van der Waals surface area contributed by atoms with Gasteiger partial charge in [0.15, 0.2) is 0 Å². The number of ether oxygens (including phenoxy) is 1. The van der Waals surface area contributed by atoms with Crippen LogP contribution in [-0.2, 0) is 26.6 Å². The van der Waals surface area contributed by atoms with Crippen molar-refractivity contribution in [1.82, 2.24) is 14.7 Å². The summed E-state index contributed by atoms with van der Waals surface area (Å²) in [6.07, 6.45) is 5.46. The van der Waals surface area contributed by atoms with Crippen LogP contribution in [0.25, 0.3) is 11.6 Å². The number of fused-ring (bicyclic) bond motifs is 2. The summed E-state index contributed by atoms with van der Waals surface area (Å²) in [5, 5.41) is 4.48. The van der Waals surface area contributed by atoms with Crippen LogP contribution < -0.4 is 4.74 Å². The van der Waals surface area contributed by atoms with E-state index in [-0.39, 0.29) is 0 Å². The predicted octanol–water partition coefficient (Wildman–Crippen LogP) is 4.22. The minimum Gasteiger partial charge on any atom is -0.492 e. The fraction of sp³-hybridized carbons (Fsp3) is 0.292. The third-order valence-electron chi connectivity index (χ3n) is 5.77. The molecule has 0 saturated carbocycles. The van der Waals surface area contributed by atoms with E-state index < -0.39 is 0 Å². The largest absolute Gasteiger partial charge is 0.492 e. The number of benzene rings is 2. The molecule has 2 heterocycles. The molecule has 4 heteroatoms. The molecule has 142 valence electrons. The Morgan fingerprint density at radius 2 is 2.00 bits per heavy atom. The van der Waals surface area contributed by atoms with Gasteiger partial charge in [-0.3, -0.25) is 9.58 Å². The Bertz CT molecular complexity index is 1060. The van der Waals surface area contributed by atoms with Crippen molar-refractivity contribution in [2.24, 2.45) is 7.05 Å². The van der Waals surface area contributed by atoms with E-state index in [0.29, 0.717) is 0 Å². The summed E-state index contributed by atoms with van der Waals surface area (Å²) in [5.41, 5.74) is 9.12. The minimum atomic E-state index is 0.722. The highest BCUT2D eigenvalue weighted by Gasteiger charge is 2.20. The Labute approximate surface area is 166 Å². The van der Waals surface area contributed by atoms with Crippen LogP contribution in [0.3, 0.4) is 0 Å². The maximum Gasteiger partial charge on any atom is 0.123 e. The van der Waals surface area contributed by atoms with Crippen molar-refractivity contribution in [2.75, 3.05) is 13.2 Å². The minimum absolute atomic E-state index is 0.722. The molecule has 3 aromatic rings. The van der Waals surface area contributed by atoms with E-state index in [1.165, 1.54) is 33.4 Å². The van der Waals surface area contributed by atoms with Gasteiger partial charge in [0.05, 0.1) is 5.69 Å². The molecular weight excluding hydrogens is 346 g/mol. The lowest BCUT2D eigenvalue weighted by Crippen LogP contribution is -2.25. The van der Waals surface area contributed by atoms with Gasteiger partial charge in [0, 0.05) is 44.0 Å². The Kier molecular flexibility index (Phi) is 4.29. The van der Waals surface area contributed by atoms with Gasteiger partial charge in [-0.05, 0) is 47.7 Å². The fourth-order valence-electron chi connectivity index (χ4n) is 4.29. The second-order valence-corrected chi connectivity index (χ2v) is 7.84. The topological polar surface area (TPSA) is 30.3 Å². The van der Waals surface area contributed by atoms with Crippen LogP contribution in [0.15, 0.2) is 48.7 Å². The van der Waals surface area contributed by atoms with Crippen LogP contribution in [0.4, 0.5) is 0 Å². The van der Waals surface area contributed by atoms with Crippen molar-refractivity contribution in [3.8, 4) is 5.75 Å². The van der Waals surface area contributed by atoms with E-state index in [1.54, 1.807) is 0 Å². The van der Waals surface area contributed by atoms with Gasteiger partial charge in [0.1, 0.15) is 12.4 Å². The smallest absolute Gasteiger partial charge is 0.123 e. The van der Waals surface area contributed by atoms with Crippen molar-refractivity contribution in [1.29, 1.82) is 0 Å². The maximum absolute atomic E-state index is 6.05. The summed E-state index contributed by atoms with van der Waals surface area (Å²) in [4.78, 5) is 2.46. The first-order valence-electron chi connectivity index (χ1n) is 9.92. The van der Waals surface area contributed by atoms with Crippen molar-refractivity contribution >= 4 is 11.6 Å². The van der Waals surface area contributed by atoms with Crippen LogP contribution in [0.2, 0.25) is 0 Å². The second-order valence-electron chi connectivity index (χ2n) is 7.84. The Balaban J connectivity index is 1.40. The van der Waals surface area contributed by atoms with E-state index in [4.69, 9.17) is 4.74 Å². The standard InChI is InChI=1S/C24H25N3O/c1-17-23(14-26(2)25-17)16-27-9-10-28-24-8-7-20(13-22(24)15-27)21-11-18-5-3-4-6-19(18)12-21/h3-8,11,13-14H,9-10,12,15-16H2,1-2H3. The molecule has 4 nitrogen and oxygen atoms in total. The van der Waals surface area contributed by atoms with Gasteiger partial charge in [-0.2, -0.15) is 5.10 Å². The summed E-state index contributed by atoms with van der Waals surface area (Å²) in [6.45, 7) is 5.53. The second kappa shape index (κ2) is 6.95. The van der Waals surface area contributed by atoms with Gasteiger partial charge in [0.2, 0.25) is 0 Å². The van der Waals surface area contributed by atoms with Crippen LogP contribution in [0, 0.1) is 6.92 Å². The molecule has 0 unspecified atom stereocenters. The van der Waals surface area contributed by atoms with Crippen molar-refractivity contribution in [2.45, 2.75) is 26.4 Å². The van der Waals surface area contributed by atoms with E-state index in [1.807, 2.05) is 11.7 Å². The molecule has 0 fully saturated rings. The first-order valence-corrected chi connectivity index (χ1v) is 9.92. The lowest BCUT2D eigenvalue weighted by atomic mass is 10.0. The molecule has 0 N–H and O–H groups in total. The lowest BCUT2D eigenvalue weighted by molar-refractivity contribution is 0.219. The average molecular weight is 371 g/mol. The van der Waals surface area contributed by atoms with Gasteiger partial charge in [0.25, 0.3) is 0 Å². The van der Waals surface area contributed by atoms with Gasteiger partial charge >= 0.3 is 0 Å². The SMILES string of the molecule is Cc1nn(C)cc1CN1CCOc2ccc(C3=Cc4ccccc4C3)cc2C1. The summed E-state index contributed by atoms with van der Waals surface area (Å²) >= 11 is 0. The van der Waals surface area contributed by atoms with Gasteiger partial charge in [-0.15, -0.1) is 0 Å². The zero-order valence-electron chi connectivity index (χ0n) is 16.5. The zero-order valence-corrected chi connectivity index (χ0v) is 16.5. The molecule has 0 spiro atoms. The quantitative estimate of drug-likeness (QED) is 0.691. The molecule has 1 aromatic heterocycles. The molecular formula is C24H25N3O. The zero-order chi connectivity index (χ0) is 19.1. The van der Waals surface area contributed by atoms with E-state index >= 15 is 0 Å². The van der Waals surface area contributed by atoms with Crippen molar-refractivity contribution < 1.29 is 4.74 Å². The fourth-order valence-corrected chi connectivity index (χ4v) is 4.29. The van der Waals surface area contributed by atoms with E-state index in [0.717, 1.165) is 44.1 Å². The van der Waals surface area contributed by atoms with Crippen LogP contribution in [0.1, 0.15) is 33.5 Å². The molecule has 0 amide bonds. The summed E-state index contributed by atoms with van der Waals surface area (Å²) in [6, 6.07) is 15.3. The van der Waals surface area contributed by atoms with Gasteiger partial charge in [-0.25, -0.2) is 0 Å². The van der Waals surface area contributed by atoms with Crippen LogP contribution in [-0.4, -0.2) is 27.8 Å². The number of allylic oxidation sites excluding steroid dienone is 1. The highest BCUT2D eigenvalue weighted by molar-refractivity contribution is 5.88. The van der Waals surface area contributed by atoms with Gasteiger partial charge < -0.3 is 4.74 Å². The number of aryl methyl sites for hydroxylation is 2. The van der Waals surface area contributed by atoms with Crippen molar-refractivity contribution in [3.63, 3.8) is 0 Å². The lowest BCUT2D eigenvalue weighted by Gasteiger charge is -2.19. The molecule has 0 radical (unpaired) electrons. The normalized spacial score (nSPS) is 16.1.